The molecule has 2 N–H and O–H groups in total. The molecular formula is C31H38N2O3. The Balaban J connectivity index is 1.22. The lowest BCUT2D eigenvalue weighted by atomic mass is 9.35. The van der Waals surface area contributed by atoms with Crippen molar-refractivity contribution in [3.8, 4) is 5.75 Å². The van der Waals surface area contributed by atoms with Gasteiger partial charge in [-0.1, -0.05) is 36.4 Å². The molecule has 5 aliphatic carbocycles. The molecule has 9 rings (SSSR count). The zero-order valence-electron chi connectivity index (χ0n) is 21.4. The molecule has 5 heteroatoms. The molecular weight excluding hydrogens is 448 g/mol. The van der Waals surface area contributed by atoms with Crippen LogP contribution in [0, 0.1) is 17.3 Å². The van der Waals surface area contributed by atoms with E-state index in [0.29, 0.717) is 25.2 Å². The summed E-state index contributed by atoms with van der Waals surface area (Å²) in [5.74, 6) is 2.20. The fourth-order valence-electron chi connectivity index (χ4n) is 9.67. The van der Waals surface area contributed by atoms with Gasteiger partial charge in [0.25, 0.3) is 0 Å². The molecule has 190 valence electrons. The predicted octanol–water partition coefficient (Wildman–Crippen LogP) is 4.71. The predicted molar refractivity (Wildman–Crippen MR) is 139 cm³/mol. The zero-order chi connectivity index (χ0) is 24.1. The lowest BCUT2D eigenvalue weighted by Gasteiger charge is -2.74. The fraction of sp³-hybridized carbons (Fsp3) is 0.613. The van der Waals surface area contributed by atoms with Gasteiger partial charge < -0.3 is 19.9 Å². The first-order valence-electron chi connectivity index (χ1n) is 14.1. The van der Waals surface area contributed by atoms with E-state index in [2.05, 4.69) is 47.4 Å². The number of piperidine rings is 1. The lowest BCUT2D eigenvalue weighted by Crippen LogP contribution is -2.81. The monoisotopic (exact) mass is 486 g/mol. The van der Waals surface area contributed by atoms with E-state index in [1.165, 1.54) is 49.0 Å². The number of methoxy groups -OCH3 is 1. The summed E-state index contributed by atoms with van der Waals surface area (Å²) in [5, 5.41) is 0. The second kappa shape index (κ2) is 7.49. The lowest BCUT2D eigenvalue weighted by molar-refractivity contribution is -0.283. The number of ether oxygens (including phenoxy) is 3. The zero-order valence-corrected chi connectivity index (χ0v) is 21.4. The number of benzene rings is 2. The molecule has 0 aromatic heterocycles. The highest BCUT2D eigenvalue weighted by Gasteiger charge is 2.80. The number of rotatable bonds is 7. The molecule has 2 spiro atoms. The van der Waals surface area contributed by atoms with E-state index in [9.17, 15) is 0 Å². The second-order valence-electron chi connectivity index (χ2n) is 12.6. The third kappa shape index (κ3) is 2.62. The Morgan fingerprint density at radius 1 is 1.08 bits per heavy atom. The Kier molecular flexibility index (Phi) is 4.57. The minimum Gasteiger partial charge on any atom is -0.484 e. The highest BCUT2D eigenvalue weighted by Crippen LogP contribution is 2.76. The Bertz CT molecular complexity index is 1200. The van der Waals surface area contributed by atoms with Crippen LogP contribution in [0.3, 0.4) is 0 Å². The van der Waals surface area contributed by atoms with Crippen LogP contribution in [0.15, 0.2) is 42.5 Å². The summed E-state index contributed by atoms with van der Waals surface area (Å²) in [7, 11) is 1.91. The molecule has 0 radical (unpaired) electrons. The third-order valence-corrected chi connectivity index (χ3v) is 11.3. The number of anilines is 1. The normalized spacial score (nSPS) is 39.6. The van der Waals surface area contributed by atoms with Gasteiger partial charge >= 0.3 is 0 Å². The van der Waals surface area contributed by atoms with E-state index in [-0.39, 0.29) is 22.5 Å². The largest absolute Gasteiger partial charge is 0.484 e. The van der Waals surface area contributed by atoms with Crippen molar-refractivity contribution in [2.75, 3.05) is 32.5 Å². The summed E-state index contributed by atoms with van der Waals surface area (Å²) in [4.78, 5) is 2.89. The van der Waals surface area contributed by atoms with Crippen LogP contribution in [0.4, 0.5) is 5.69 Å². The molecule has 36 heavy (non-hydrogen) atoms. The highest BCUT2D eigenvalue weighted by atomic mass is 16.6. The minimum atomic E-state index is -0.332. The average Bonchev–Trinajstić information content (AvgIpc) is 3.64. The summed E-state index contributed by atoms with van der Waals surface area (Å²) in [6, 6.07) is 15.5. The maximum absolute atomic E-state index is 7.03. The molecule has 5 nitrogen and oxygen atoms in total. The van der Waals surface area contributed by atoms with E-state index in [0.717, 1.165) is 43.0 Å². The van der Waals surface area contributed by atoms with Crippen LogP contribution in [0.1, 0.15) is 55.2 Å². The van der Waals surface area contributed by atoms with Gasteiger partial charge in [-0.25, -0.2) is 0 Å². The molecule has 4 bridgehead atoms. The van der Waals surface area contributed by atoms with Gasteiger partial charge in [-0.3, -0.25) is 4.90 Å². The summed E-state index contributed by atoms with van der Waals surface area (Å²) < 4.78 is 20.1. The van der Waals surface area contributed by atoms with Crippen LogP contribution in [-0.4, -0.2) is 49.5 Å². The number of nitrogens with zero attached hydrogens (tertiary/aromatic N) is 1. The maximum atomic E-state index is 7.03. The number of hydrogen-bond acceptors (Lipinski definition) is 5. The van der Waals surface area contributed by atoms with Crippen LogP contribution in [-0.2, 0) is 27.9 Å². The van der Waals surface area contributed by atoms with Crippen LogP contribution in [0.25, 0.3) is 0 Å². The smallest absolute Gasteiger partial charge is 0.147 e. The topological polar surface area (TPSA) is 57.0 Å². The first kappa shape index (κ1) is 22.0. The van der Waals surface area contributed by atoms with Crippen molar-refractivity contribution >= 4 is 5.69 Å². The highest BCUT2D eigenvalue weighted by molar-refractivity contribution is 5.68. The molecule has 2 aromatic carbocycles. The summed E-state index contributed by atoms with van der Waals surface area (Å²) >= 11 is 0. The minimum absolute atomic E-state index is 0.0141. The third-order valence-electron chi connectivity index (χ3n) is 11.3. The SMILES string of the molecule is COC12CCC3(C[C@@H]1COCc1ccccc1)[C@H]1Cc4ccc(N)c5c4C3(CCN1CC1CC1)[C@H]2O5. The van der Waals surface area contributed by atoms with Crippen molar-refractivity contribution in [3.63, 3.8) is 0 Å². The quantitative estimate of drug-likeness (QED) is 0.575. The van der Waals surface area contributed by atoms with Crippen molar-refractivity contribution < 1.29 is 14.2 Å². The first-order chi connectivity index (χ1) is 17.6. The van der Waals surface area contributed by atoms with Crippen molar-refractivity contribution in [2.24, 2.45) is 17.3 Å². The number of fused-ring (bicyclic) bond motifs is 2. The van der Waals surface area contributed by atoms with Crippen LogP contribution < -0.4 is 10.5 Å². The van der Waals surface area contributed by atoms with E-state index in [4.69, 9.17) is 19.9 Å². The number of nitrogen functional groups attached to an aromatic ring is 1. The molecule has 4 saturated carbocycles. The van der Waals surface area contributed by atoms with E-state index >= 15 is 0 Å². The van der Waals surface area contributed by atoms with Crippen molar-refractivity contribution in [3.05, 3.63) is 59.2 Å². The van der Waals surface area contributed by atoms with Crippen molar-refractivity contribution in [1.82, 2.24) is 4.90 Å². The fourth-order valence-corrected chi connectivity index (χ4v) is 9.67. The van der Waals surface area contributed by atoms with E-state index in [1.54, 1.807) is 0 Å². The molecule has 0 amide bonds. The van der Waals surface area contributed by atoms with Crippen molar-refractivity contribution in [1.29, 1.82) is 0 Å². The average molecular weight is 487 g/mol. The maximum Gasteiger partial charge on any atom is 0.147 e. The Hall–Kier alpha value is -2.08. The molecule has 5 fully saturated rings. The van der Waals surface area contributed by atoms with Crippen LogP contribution in [0.5, 0.6) is 5.75 Å². The molecule has 2 heterocycles. The molecule has 7 aliphatic rings. The van der Waals surface area contributed by atoms with Crippen LogP contribution in [0.2, 0.25) is 0 Å². The number of nitrogens with two attached hydrogens (primary N) is 1. The number of hydrogen-bond donors (Lipinski definition) is 1. The summed E-state index contributed by atoms with van der Waals surface area (Å²) in [6.45, 7) is 3.81. The Morgan fingerprint density at radius 2 is 1.94 bits per heavy atom. The van der Waals surface area contributed by atoms with Gasteiger partial charge in [0, 0.05) is 42.0 Å². The Morgan fingerprint density at radius 3 is 2.75 bits per heavy atom. The standard InChI is InChI=1S/C31H38N2O3/c1-34-31-12-11-29(16-23(31)19-35-18-21-5-3-2-4-6-21)25-15-22-9-10-24(32)27-26(22)30(29,28(31)36-27)13-14-33(25)17-20-7-8-20/h2-6,9-10,20,23,25,28H,7-8,11-19,32H2,1H3/t23-,25-,28-,29?,30?,31?/m1/s1. The van der Waals surface area contributed by atoms with Gasteiger partial charge in [0.2, 0.25) is 0 Å². The molecule has 3 unspecified atom stereocenters. The van der Waals surface area contributed by atoms with Gasteiger partial charge in [-0.05, 0) is 74.6 Å². The van der Waals surface area contributed by atoms with E-state index < -0.39 is 0 Å². The van der Waals surface area contributed by atoms with Gasteiger partial charge in [0.05, 0.1) is 18.9 Å². The second-order valence-corrected chi connectivity index (χ2v) is 12.6. The molecule has 2 aromatic rings. The molecule has 2 aliphatic heterocycles. The van der Waals surface area contributed by atoms with Gasteiger partial charge in [-0.15, -0.1) is 0 Å². The summed E-state index contributed by atoms with van der Waals surface area (Å²) in [6.07, 6.45) is 8.56. The van der Waals surface area contributed by atoms with Crippen molar-refractivity contribution in [2.45, 2.75) is 74.7 Å². The van der Waals surface area contributed by atoms with Gasteiger partial charge in [0.15, 0.2) is 0 Å². The van der Waals surface area contributed by atoms with Crippen LogP contribution >= 0.6 is 0 Å². The van der Waals surface area contributed by atoms with E-state index in [1.807, 2.05) is 7.11 Å². The molecule has 1 saturated heterocycles. The van der Waals surface area contributed by atoms with Gasteiger partial charge in [0.1, 0.15) is 17.5 Å². The Labute approximate surface area is 214 Å². The first-order valence-corrected chi connectivity index (χ1v) is 14.1. The number of likely N-dealkylation sites (tertiary alicyclic amines) is 1. The molecule has 6 atom stereocenters. The summed E-state index contributed by atoms with van der Waals surface area (Å²) in [5.41, 5.74) is 11.5. The van der Waals surface area contributed by atoms with Gasteiger partial charge in [-0.2, -0.15) is 0 Å².